The van der Waals surface area contributed by atoms with Gasteiger partial charge in [-0.25, -0.2) is 0 Å². The van der Waals surface area contributed by atoms with Gasteiger partial charge in [-0.05, 0) is 43.5 Å². The molecule has 2 nitrogen and oxygen atoms in total. The summed E-state index contributed by atoms with van der Waals surface area (Å²) in [6.07, 6.45) is -2.36. The van der Waals surface area contributed by atoms with Crippen molar-refractivity contribution >= 4 is 5.69 Å². The van der Waals surface area contributed by atoms with Gasteiger partial charge in [-0.3, -0.25) is 0 Å². The summed E-state index contributed by atoms with van der Waals surface area (Å²) in [5.74, 6) is 0. The molecule has 1 aromatic carbocycles. The van der Waals surface area contributed by atoms with E-state index in [0.717, 1.165) is 18.9 Å². The second kappa shape index (κ2) is 6.80. The molecule has 1 unspecified atom stereocenters. The van der Waals surface area contributed by atoms with Crippen molar-refractivity contribution in [2.45, 2.75) is 39.0 Å². The number of anilines is 1. The summed E-state index contributed by atoms with van der Waals surface area (Å²) < 4.78 is 43.0. The number of methoxy groups -OCH3 is 1. The highest BCUT2D eigenvalue weighted by Crippen LogP contribution is 2.32. The first-order valence-corrected chi connectivity index (χ1v) is 6.33. The Balaban J connectivity index is 2.60. The highest BCUT2D eigenvalue weighted by molar-refractivity contribution is 5.49. The average Bonchev–Trinajstić information content (AvgIpc) is 2.33. The van der Waals surface area contributed by atoms with Crippen LogP contribution in [-0.2, 0) is 10.9 Å². The lowest BCUT2D eigenvalue weighted by atomic mass is 10.1. The normalized spacial score (nSPS) is 13.4. The third kappa shape index (κ3) is 4.74. The van der Waals surface area contributed by atoms with Gasteiger partial charge >= 0.3 is 6.18 Å². The maximum Gasteiger partial charge on any atom is 0.416 e. The molecule has 0 aliphatic rings. The lowest BCUT2D eigenvalue weighted by Crippen LogP contribution is -2.15. The van der Waals surface area contributed by atoms with E-state index < -0.39 is 11.7 Å². The zero-order chi connectivity index (χ0) is 14.5. The number of halogens is 3. The second-order valence-corrected chi connectivity index (χ2v) is 4.51. The molecule has 0 aliphatic carbocycles. The lowest BCUT2D eigenvalue weighted by Gasteiger charge is -2.15. The summed E-state index contributed by atoms with van der Waals surface area (Å²) in [5.41, 5.74) is 0.356. The monoisotopic (exact) mass is 275 g/mol. The van der Waals surface area contributed by atoms with Gasteiger partial charge in [-0.15, -0.1) is 0 Å². The van der Waals surface area contributed by atoms with Gasteiger partial charge in [0.25, 0.3) is 0 Å². The minimum absolute atomic E-state index is 0.183. The average molecular weight is 275 g/mol. The van der Waals surface area contributed by atoms with E-state index in [4.69, 9.17) is 4.74 Å². The molecule has 0 heterocycles. The van der Waals surface area contributed by atoms with Crippen LogP contribution in [0.5, 0.6) is 0 Å². The molecule has 0 fully saturated rings. The van der Waals surface area contributed by atoms with Crippen LogP contribution >= 0.6 is 0 Å². The summed E-state index contributed by atoms with van der Waals surface area (Å²) in [6, 6.07) is 4.10. The number of nitrogens with one attached hydrogen (secondary N) is 1. The summed E-state index contributed by atoms with van der Waals surface area (Å²) in [7, 11) is 1.66. The van der Waals surface area contributed by atoms with Crippen LogP contribution in [0.4, 0.5) is 18.9 Å². The number of rotatable bonds is 6. The molecule has 0 saturated heterocycles. The summed E-state index contributed by atoms with van der Waals surface area (Å²) in [5, 5.41) is 3.12. The lowest BCUT2D eigenvalue weighted by molar-refractivity contribution is -0.138. The maximum atomic E-state index is 12.6. The highest BCUT2D eigenvalue weighted by atomic mass is 19.4. The van der Waals surface area contributed by atoms with Crippen LogP contribution in [0, 0.1) is 6.92 Å². The Morgan fingerprint density at radius 1 is 1.32 bits per heavy atom. The predicted octanol–water partition coefficient (Wildman–Crippen LogP) is 4.24. The van der Waals surface area contributed by atoms with E-state index in [2.05, 4.69) is 5.32 Å². The Morgan fingerprint density at radius 2 is 2.00 bits per heavy atom. The van der Waals surface area contributed by atoms with Gasteiger partial charge in [0.05, 0.1) is 11.7 Å². The Hall–Kier alpha value is -1.23. The van der Waals surface area contributed by atoms with E-state index in [1.54, 1.807) is 7.11 Å². The first-order chi connectivity index (χ1) is 8.88. The highest BCUT2D eigenvalue weighted by Gasteiger charge is 2.32. The summed E-state index contributed by atoms with van der Waals surface area (Å²) in [6.45, 7) is 4.19. The smallest absolute Gasteiger partial charge is 0.385 e. The Bertz CT molecular complexity index is 400. The maximum absolute atomic E-state index is 12.6. The fraction of sp³-hybridized carbons (Fsp3) is 0.571. The van der Waals surface area contributed by atoms with Gasteiger partial charge in [-0.2, -0.15) is 13.2 Å². The molecule has 0 amide bonds. The largest absolute Gasteiger partial charge is 0.416 e. The Kier molecular flexibility index (Phi) is 5.66. The summed E-state index contributed by atoms with van der Waals surface area (Å²) >= 11 is 0. The standard InChI is InChI=1S/C14H20F3NO/c1-4-12(19-3)7-8-18-11-5-6-13(10(2)9-11)14(15,16)17/h5-6,9,12,18H,4,7-8H2,1-3H3. The molecule has 0 bridgehead atoms. The summed E-state index contributed by atoms with van der Waals surface area (Å²) in [4.78, 5) is 0. The van der Waals surface area contributed by atoms with Crippen molar-refractivity contribution in [1.82, 2.24) is 0 Å². The van der Waals surface area contributed by atoms with Gasteiger partial charge in [-0.1, -0.05) is 6.92 Å². The van der Waals surface area contributed by atoms with Crippen molar-refractivity contribution < 1.29 is 17.9 Å². The molecule has 1 atom stereocenters. The molecule has 0 radical (unpaired) electrons. The first kappa shape index (κ1) is 15.8. The van der Waals surface area contributed by atoms with Crippen molar-refractivity contribution in [3.05, 3.63) is 29.3 Å². The first-order valence-electron chi connectivity index (χ1n) is 6.33. The fourth-order valence-corrected chi connectivity index (χ4v) is 1.96. The number of hydrogen-bond acceptors (Lipinski definition) is 2. The van der Waals surface area contributed by atoms with Gasteiger partial charge in [0.2, 0.25) is 0 Å². The third-order valence-electron chi connectivity index (χ3n) is 3.12. The van der Waals surface area contributed by atoms with E-state index in [1.807, 2.05) is 6.92 Å². The number of hydrogen-bond donors (Lipinski definition) is 1. The fourth-order valence-electron chi connectivity index (χ4n) is 1.96. The van der Waals surface area contributed by atoms with Crippen LogP contribution in [0.3, 0.4) is 0 Å². The van der Waals surface area contributed by atoms with Crippen molar-refractivity contribution in [1.29, 1.82) is 0 Å². The van der Waals surface area contributed by atoms with E-state index in [9.17, 15) is 13.2 Å². The molecular weight excluding hydrogens is 255 g/mol. The minimum Gasteiger partial charge on any atom is -0.385 e. The van der Waals surface area contributed by atoms with Gasteiger partial charge in [0.1, 0.15) is 0 Å². The molecule has 1 aromatic rings. The predicted molar refractivity (Wildman–Crippen MR) is 70.4 cm³/mol. The molecule has 0 spiro atoms. The van der Waals surface area contributed by atoms with Crippen molar-refractivity contribution in [2.75, 3.05) is 19.0 Å². The van der Waals surface area contributed by atoms with Crippen molar-refractivity contribution in [3.8, 4) is 0 Å². The third-order valence-corrected chi connectivity index (χ3v) is 3.12. The molecular formula is C14H20F3NO. The van der Waals surface area contributed by atoms with Crippen molar-refractivity contribution in [2.24, 2.45) is 0 Å². The molecule has 0 saturated carbocycles. The van der Waals surface area contributed by atoms with Gasteiger partial charge in [0, 0.05) is 19.3 Å². The number of benzene rings is 1. The Labute approximate surface area is 112 Å². The molecule has 108 valence electrons. The van der Waals surface area contributed by atoms with Gasteiger partial charge < -0.3 is 10.1 Å². The van der Waals surface area contributed by atoms with Crippen LogP contribution in [-0.4, -0.2) is 19.8 Å². The van der Waals surface area contributed by atoms with Crippen LogP contribution in [0.1, 0.15) is 30.9 Å². The molecule has 19 heavy (non-hydrogen) atoms. The van der Waals surface area contributed by atoms with E-state index in [-0.39, 0.29) is 11.7 Å². The van der Waals surface area contributed by atoms with E-state index in [1.165, 1.54) is 19.1 Å². The molecule has 0 aliphatic heterocycles. The molecule has 1 rings (SSSR count). The van der Waals surface area contributed by atoms with Gasteiger partial charge in [0.15, 0.2) is 0 Å². The van der Waals surface area contributed by atoms with Crippen LogP contribution in [0.15, 0.2) is 18.2 Å². The van der Waals surface area contributed by atoms with Crippen molar-refractivity contribution in [3.63, 3.8) is 0 Å². The molecule has 0 aromatic heterocycles. The van der Waals surface area contributed by atoms with E-state index in [0.29, 0.717) is 12.2 Å². The topological polar surface area (TPSA) is 21.3 Å². The molecule has 1 N–H and O–H groups in total. The Morgan fingerprint density at radius 3 is 2.47 bits per heavy atom. The molecule has 5 heteroatoms. The number of aryl methyl sites for hydroxylation is 1. The number of alkyl halides is 3. The zero-order valence-electron chi connectivity index (χ0n) is 11.5. The SMILES string of the molecule is CCC(CCNc1ccc(C(F)(F)F)c(C)c1)OC. The number of ether oxygens (including phenoxy) is 1. The van der Waals surface area contributed by atoms with Crippen LogP contribution < -0.4 is 5.32 Å². The van der Waals surface area contributed by atoms with Crippen LogP contribution in [0.25, 0.3) is 0 Å². The van der Waals surface area contributed by atoms with Crippen LogP contribution in [0.2, 0.25) is 0 Å². The minimum atomic E-state index is -4.29. The zero-order valence-corrected chi connectivity index (χ0v) is 11.5. The second-order valence-electron chi connectivity index (χ2n) is 4.51. The quantitative estimate of drug-likeness (QED) is 0.838. The van der Waals surface area contributed by atoms with E-state index >= 15 is 0 Å².